The molecule has 0 bridgehead atoms. The summed E-state index contributed by atoms with van der Waals surface area (Å²) >= 11 is 0. The Kier molecular flexibility index (Phi) is 5.89. The summed E-state index contributed by atoms with van der Waals surface area (Å²) in [6.07, 6.45) is 2.55. The second-order valence-electron chi connectivity index (χ2n) is 4.84. The molecule has 0 atom stereocenters. The molecule has 1 N–H and O–H groups in total. The topological polar surface area (TPSA) is 74.5 Å². The number of benzene rings is 2. The Morgan fingerprint density at radius 1 is 1.22 bits per heavy atom. The molecule has 0 aromatic heterocycles. The molecule has 0 radical (unpaired) electrons. The van der Waals surface area contributed by atoms with Crippen LogP contribution in [0.3, 0.4) is 0 Å². The van der Waals surface area contributed by atoms with Crippen LogP contribution in [-0.4, -0.2) is 18.7 Å². The molecule has 0 fully saturated rings. The molecule has 0 saturated heterocycles. The molecule has 0 heterocycles. The number of hydrogen-bond donors (Lipinski definition) is 1. The molecule has 116 valence electrons. The standard InChI is InChI=1S/C18H17N3O2/c1-2-14-3-5-16(6-4-14)12-20-23-13-18(22)21-17-9-7-15(11-19)8-10-17/h3-10,12H,2,13H2,1H3,(H,21,22)/b20-12-. The number of amides is 1. The first-order valence-corrected chi connectivity index (χ1v) is 7.25. The summed E-state index contributed by atoms with van der Waals surface area (Å²) in [7, 11) is 0. The second kappa shape index (κ2) is 8.35. The number of nitrogens with one attached hydrogen (secondary N) is 1. The van der Waals surface area contributed by atoms with Gasteiger partial charge in [0, 0.05) is 5.69 Å². The fourth-order valence-electron chi connectivity index (χ4n) is 1.86. The van der Waals surface area contributed by atoms with Gasteiger partial charge in [-0.25, -0.2) is 0 Å². The Morgan fingerprint density at radius 3 is 2.52 bits per heavy atom. The molecule has 0 aliphatic rings. The molecule has 1 amide bonds. The van der Waals surface area contributed by atoms with Gasteiger partial charge in [-0.2, -0.15) is 5.26 Å². The van der Waals surface area contributed by atoms with Crippen LogP contribution in [0.25, 0.3) is 0 Å². The van der Waals surface area contributed by atoms with Crippen LogP contribution in [0.4, 0.5) is 5.69 Å². The Labute approximate surface area is 135 Å². The van der Waals surface area contributed by atoms with Gasteiger partial charge in [0.1, 0.15) is 0 Å². The zero-order valence-corrected chi connectivity index (χ0v) is 12.8. The van der Waals surface area contributed by atoms with Crippen molar-refractivity contribution in [1.82, 2.24) is 0 Å². The van der Waals surface area contributed by atoms with E-state index in [1.165, 1.54) is 5.56 Å². The van der Waals surface area contributed by atoms with Crippen molar-refractivity contribution in [3.63, 3.8) is 0 Å². The van der Waals surface area contributed by atoms with E-state index in [1.54, 1.807) is 30.5 Å². The van der Waals surface area contributed by atoms with Crippen molar-refractivity contribution in [3.05, 3.63) is 65.2 Å². The molecular weight excluding hydrogens is 290 g/mol. The van der Waals surface area contributed by atoms with Crippen LogP contribution in [0, 0.1) is 11.3 Å². The lowest BCUT2D eigenvalue weighted by molar-refractivity contribution is -0.120. The van der Waals surface area contributed by atoms with Crippen LogP contribution in [0.1, 0.15) is 23.6 Å². The first-order chi connectivity index (χ1) is 11.2. The summed E-state index contributed by atoms with van der Waals surface area (Å²) in [6, 6.07) is 16.6. The van der Waals surface area contributed by atoms with E-state index in [1.807, 2.05) is 30.3 Å². The lowest BCUT2D eigenvalue weighted by Crippen LogP contribution is -2.16. The quantitative estimate of drug-likeness (QED) is 0.658. The zero-order valence-electron chi connectivity index (χ0n) is 12.8. The van der Waals surface area contributed by atoms with Crippen molar-refractivity contribution in [2.24, 2.45) is 5.16 Å². The fraction of sp³-hybridized carbons (Fsp3) is 0.167. The Bertz CT molecular complexity index is 713. The third kappa shape index (κ3) is 5.29. The number of oxime groups is 1. The number of carbonyl (C=O) groups is 1. The molecule has 5 heteroatoms. The van der Waals surface area contributed by atoms with E-state index in [0.717, 1.165) is 12.0 Å². The van der Waals surface area contributed by atoms with Crippen LogP contribution >= 0.6 is 0 Å². The molecule has 0 saturated carbocycles. The number of rotatable bonds is 6. The predicted molar refractivity (Wildman–Crippen MR) is 89.2 cm³/mol. The van der Waals surface area contributed by atoms with Crippen molar-refractivity contribution in [3.8, 4) is 6.07 Å². The third-order valence-corrected chi connectivity index (χ3v) is 3.16. The van der Waals surface area contributed by atoms with Gasteiger partial charge in [0.15, 0.2) is 6.61 Å². The first kappa shape index (κ1) is 16.2. The summed E-state index contributed by atoms with van der Waals surface area (Å²) in [6.45, 7) is 1.92. The molecule has 0 aliphatic heterocycles. The van der Waals surface area contributed by atoms with E-state index in [2.05, 4.69) is 17.4 Å². The van der Waals surface area contributed by atoms with E-state index < -0.39 is 0 Å². The Hall–Kier alpha value is -3.13. The summed E-state index contributed by atoms with van der Waals surface area (Å²) < 4.78 is 0. The maximum atomic E-state index is 11.7. The SMILES string of the molecule is CCc1ccc(/C=N\OCC(=O)Nc2ccc(C#N)cc2)cc1. The highest BCUT2D eigenvalue weighted by molar-refractivity contribution is 5.91. The van der Waals surface area contributed by atoms with Gasteiger partial charge < -0.3 is 10.2 Å². The minimum atomic E-state index is -0.312. The normalized spacial score (nSPS) is 10.3. The van der Waals surface area contributed by atoms with E-state index >= 15 is 0 Å². The molecule has 2 aromatic rings. The minimum Gasteiger partial charge on any atom is -0.386 e. The van der Waals surface area contributed by atoms with Gasteiger partial charge in [0.05, 0.1) is 17.8 Å². The van der Waals surface area contributed by atoms with Gasteiger partial charge >= 0.3 is 0 Å². The Balaban J connectivity index is 1.77. The molecule has 2 aromatic carbocycles. The van der Waals surface area contributed by atoms with Gasteiger partial charge in [-0.05, 0) is 41.8 Å². The third-order valence-electron chi connectivity index (χ3n) is 3.16. The van der Waals surface area contributed by atoms with E-state index in [4.69, 9.17) is 10.1 Å². The van der Waals surface area contributed by atoms with Crippen molar-refractivity contribution in [2.45, 2.75) is 13.3 Å². The van der Waals surface area contributed by atoms with Gasteiger partial charge in [-0.1, -0.05) is 36.3 Å². The fourth-order valence-corrected chi connectivity index (χ4v) is 1.86. The van der Waals surface area contributed by atoms with Gasteiger partial charge in [-0.3, -0.25) is 4.79 Å². The molecule has 0 unspecified atom stereocenters. The highest BCUT2D eigenvalue weighted by Crippen LogP contribution is 2.08. The number of hydrogen-bond acceptors (Lipinski definition) is 4. The van der Waals surface area contributed by atoms with Crippen LogP contribution in [0.15, 0.2) is 53.7 Å². The number of aryl methyl sites for hydroxylation is 1. The molecule has 0 spiro atoms. The van der Waals surface area contributed by atoms with E-state index in [0.29, 0.717) is 11.3 Å². The lowest BCUT2D eigenvalue weighted by Gasteiger charge is -2.04. The monoisotopic (exact) mass is 307 g/mol. The summed E-state index contributed by atoms with van der Waals surface area (Å²) in [4.78, 5) is 16.7. The van der Waals surface area contributed by atoms with Crippen molar-refractivity contribution in [1.29, 1.82) is 5.26 Å². The second-order valence-corrected chi connectivity index (χ2v) is 4.84. The van der Waals surface area contributed by atoms with Crippen LogP contribution < -0.4 is 5.32 Å². The molecule has 5 nitrogen and oxygen atoms in total. The van der Waals surface area contributed by atoms with Crippen molar-refractivity contribution in [2.75, 3.05) is 11.9 Å². The maximum Gasteiger partial charge on any atom is 0.265 e. The summed E-state index contributed by atoms with van der Waals surface area (Å²) in [5.41, 5.74) is 3.31. The van der Waals surface area contributed by atoms with Gasteiger partial charge in [-0.15, -0.1) is 0 Å². The molecule has 0 aliphatic carbocycles. The van der Waals surface area contributed by atoms with Gasteiger partial charge in [0.25, 0.3) is 5.91 Å². The number of anilines is 1. The average Bonchev–Trinajstić information content (AvgIpc) is 2.60. The smallest absolute Gasteiger partial charge is 0.265 e. The predicted octanol–water partition coefficient (Wildman–Crippen LogP) is 3.11. The number of nitriles is 1. The molecule has 23 heavy (non-hydrogen) atoms. The number of nitrogens with zero attached hydrogens (tertiary/aromatic N) is 2. The Morgan fingerprint density at radius 2 is 1.91 bits per heavy atom. The van der Waals surface area contributed by atoms with Gasteiger partial charge in [0.2, 0.25) is 0 Å². The van der Waals surface area contributed by atoms with Crippen molar-refractivity contribution < 1.29 is 9.63 Å². The first-order valence-electron chi connectivity index (χ1n) is 7.25. The summed E-state index contributed by atoms with van der Waals surface area (Å²) in [5.74, 6) is -0.312. The highest BCUT2D eigenvalue weighted by Gasteiger charge is 2.02. The largest absolute Gasteiger partial charge is 0.386 e. The summed E-state index contributed by atoms with van der Waals surface area (Å²) in [5, 5.41) is 15.1. The van der Waals surface area contributed by atoms with Crippen LogP contribution in [0.5, 0.6) is 0 Å². The molecule has 2 rings (SSSR count). The van der Waals surface area contributed by atoms with E-state index in [-0.39, 0.29) is 12.5 Å². The zero-order chi connectivity index (χ0) is 16.5. The van der Waals surface area contributed by atoms with Crippen LogP contribution in [-0.2, 0) is 16.1 Å². The van der Waals surface area contributed by atoms with Crippen molar-refractivity contribution >= 4 is 17.8 Å². The maximum absolute atomic E-state index is 11.7. The van der Waals surface area contributed by atoms with Crippen LogP contribution in [0.2, 0.25) is 0 Å². The van der Waals surface area contributed by atoms with E-state index in [9.17, 15) is 4.79 Å². The number of carbonyl (C=O) groups excluding carboxylic acids is 1. The highest BCUT2D eigenvalue weighted by atomic mass is 16.6. The lowest BCUT2D eigenvalue weighted by atomic mass is 10.1. The minimum absolute atomic E-state index is 0.177. The average molecular weight is 307 g/mol. The molecular formula is C18H17N3O2.